The van der Waals surface area contributed by atoms with Crippen LogP contribution in [0.5, 0.6) is 0 Å². The van der Waals surface area contributed by atoms with Gasteiger partial charge in [0.05, 0.1) is 13.2 Å². The van der Waals surface area contributed by atoms with Crippen LogP contribution in [0.2, 0.25) is 0 Å². The maximum Gasteiger partial charge on any atom is 0.206 e. The van der Waals surface area contributed by atoms with Crippen molar-refractivity contribution in [2.45, 2.75) is 6.61 Å². The van der Waals surface area contributed by atoms with Crippen LogP contribution in [0.1, 0.15) is 5.56 Å². The standard InChI is InChI=1S/C9H13NO.C2H5NO/c10-6-7-11-8-9-4-2-1-3-5-9;1-3-2-4/h1-5H,6-8,10H2;2H,1H3,(H,3,4). The van der Waals surface area contributed by atoms with Crippen LogP contribution in [0, 0.1) is 0 Å². The molecule has 0 saturated heterocycles. The molecule has 15 heavy (non-hydrogen) atoms. The van der Waals surface area contributed by atoms with E-state index in [1.165, 1.54) is 5.56 Å². The second kappa shape index (κ2) is 10.7. The molecule has 0 bridgehead atoms. The average Bonchev–Trinajstić information content (AvgIpc) is 2.31. The molecule has 0 fully saturated rings. The SMILES string of the molecule is CNC=O.NCCOCc1ccccc1. The van der Waals surface area contributed by atoms with E-state index in [1.54, 1.807) is 7.05 Å². The van der Waals surface area contributed by atoms with E-state index >= 15 is 0 Å². The fourth-order valence-electron chi connectivity index (χ4n) is 0.848. The third-order valence-electron chi connectivity index (χ3n) is 1.49. The van der Waals surface area contributed by atoms with E-state index in [0.29, 0.717) is 26.2 Å². The van der Waals surface area contributed by atoms with Gasteiger partial charge < -0.3 is 15.8 Å². The Morgan fingerprint density at radius 1 is 1.40 bits per heavy atom. The topological polar surface area (TPSA) is 64.4 Å². The summed E-state index contributed by atoms with van der Waals surface area (Å²) in [6.45, 7) is 1.89. The van der Waals surface area contributed by atoms with Crippen molar-refractivity contribution >= 4 is 6.41 Å². The maximum absolute atomic E-state index is 9.06. The molecule has 0 atom stereocenters. The fourth-order valence-corrected chi connectivity index (χ4v) is 0.848. The zero-order chi connectivity index (χ0) is 11.4. The Bertz CT molecular complexity index is 240. The first-order valence-corrected chi connectivity index (χ1v) is 4.77. The van der Waals surface area contributed by atoms with Gasteiger partial charge in [-0.1, -0.05) is 30.3 Å². The lowest BCUT2D eigenvalue weighted by Gasteiger charge is -2.00. The van der Waals surface area contributed by atoms with Crippen molar-refractivity contribution in [2.75, 3.05) is 20.2 Å². The Morgan fingerprint density at radius 2 is 2.00 bits per heavy atom. The molecule has 3 N–H and O–H groups in total. The minimum absolute atomic E-state index is 0.590. The fraction of sp³-hybridized carbons (Fsp3) is 0.364. The Labute approximate surface area is 90.4 Å². The van der Waals surface area contributed by atoms with Gasteiger partial charge in [-0.3, -0.25) is 4.79 Å². The van der Waals surface area contributed by atoms with Crippen LogP contribution in [-0.2, 0) is 16.1 Å². The van der Waals surface area contributed by atoms with E-state index < -0.39 is 0 Å². The van der Waals surface area contributed by atoms with E-state index in [2.05, 4.69) is 5.32 Å². The lowest BCUT2D eigenvalue weighted by Crippen LogP contribution is -2.07. The molecule has 0 radical (unpaired) electrons. The van der Waals surface area contributed by atoms with Gasteiger partial charge in [-0.05, 0) is 5.56 Å². The highest BCUT2D eigenvalue weighted by Crippen LogP contribution is 1.99. The number of nitrogens with one attached hydrogen (secondary N) is 1. The quantitative estimate of drug-likeness (QED) is 0.550. The number of hydrogen-bond donors (Lipinski definition) is 2. The summed E-state index contributed by atoms with van der Waals surface area (Å²) >= 11 is 0. The van der Waals surface area contributed by atoms with E-state index in [-0.39, 0.29) is 0 Å². The first kappa shape index (κ1) is 13.6. The van der Waals surface area contributed by atoms with Crippen molar-refractivity contribution in [3.05, 3.63) is 35.9 Å². The first-order chi connectivity index (χ1) is 7.35. The number of amides is 1. The molecule has 4 nitrogen and oxygen atoms in total. The smallest absolute Gasteiger partial charge is 0.206 e. The molecule has 4 heteroatoms. The molecular formula is C11H18N2O2. The summed E-state index contributed by atoms with van der Waals surface area (Å²) in [5.74, 6) is 0. The summed E-state index contributed by atoms with van der Waals surface area (Å²) in [6, 6.07) is 10.1. The van der Waals surface area contributed by atoms with Crippen LogP contribution < -0.4 is 11.1 Å². The predicted octanol–water partition coefficient (Wildman–Crippen LogP) is 0.524. The highest BCUT2D eigenvalue weighted by molar-refractivity contribution is 5.44. The molecular weight excluding hydrogens is 192 g/mol. The lowest BCUT2D eigenvalue weighted by molar-refractivity contribution is -0.109. The van der Waals surface area contributed by atoms with Crippen LogP contribution in [0.15, 0.2) is 30.3 Å². The summed E-state index contributed by atoms with van der Waals surface area (Å²) in [7, 11) is 1.56. The van der Waals surface area contributed by atoms with Gasteiger partial charge in [-0.15, -0.1) is 0 Å². The first-order valence-electron chi connectivity index (χ1n) is 4.77. The highest BCUT2D eigenvalue weighted by atomic mass is 16.5. The largest absolute Gasteiger partial charge is 0.375 e. The normalized spacial score (nSPS) is 8.67. The molecule has 0 unspecified atom stereocenters. The maximum atomic E-state index is 9.06. The van der Waals surface area contributed by atoms with Crippen molar-refractivity contribution in [2.24, 2.45) is 5.73 Å². The van der Waals surface area contributed by atoms with Crippen LogP contribution in [0.4, 0.5) is 0 Å². The van der Waals surface area contributed by atoms with Crippen molar-refractivity contribution < 1.29 is 9.53 Å². The molecule has 1 amide bonds. The van der Waals surface area contributed by atoms with Crippen LogP contribution in [-0.4, -0.2) is 26.6 Å². The number of rotatable bonds is 5. The summed E-state index contributed by atoms with van der Waals surface area (Å²) in [5, 5.41) is 2.25. The van der Waals surface area contributed by atoms with E-state index in [0.717, 1.165) is 0 Å². The Morgan fingerprint density at radius 3 is 2.47 bits per heavy atom. The van der Waals surface area contributed by atoms with Crippen molar-refractivity contribution in [1.29, 1.82) is 0 Å². The Kier molecular flexibility index (Phi) is 9.70. The van der Waals surface area contributed by atoms with Gasteiger partial charge >= 0.3 is 0 Å². The third kappa shape index (κ3) is 8.93. The predicted molar refractivity (Wildman–Crippen MR) is 60.3 cm³/mol. The Hall–Kier alpha value is -1.39. The van der Waals surface area contributed by atoms with Gasteiger partial charge in [-0.2, -0.15) is 0 Å². The second-order valence-electron chi connectivity index (χ2n) is 2.73. The summed E-state index contributed by atoms with van der Waals surface area (Å²) in [5.41, 5.74) is 6.46. The van der Waals surface area contributed by atoms with Gasteiger partial charge in [0.2, 0.25) is 6.41 Å². The number of hydrogen-bond acceptors (Lipinski definition) is 3. The zero-order valence-electron chi connectivity index (χ0n) is 8.98. The van der Waals surface area contributed by atoms with Crippen molar-refractivity contribution in [3.63, 3.8) is 0 Å². The monoisotopic (exact) mass is 210 g/mol. The van der Waals surface area contributed by atoms with Crippen LogP contribution in [0.25, 0.3) is 0 Å². The Balaban J connectivity index is 0.000000423. The molecule has 0 aliphatic heterocycles. The van der Waals surface area contributed by atoms with Gasteiger partial charge in [0.1, 0.15) is 0 Å². The van der Waals surface area contributed by atoms with Crippen molar-refractivity contribution in [3.8, 4) is 0 Å². The van der Waals surface area contributed by atoms with Gasteiger partial charge in [0, 0.05) is 13.6 Å². The summed E-state index contributed by atoms with van der Waals surface area (Å²) < 4.78 is 5.24. The molecule has 0 saturated carbocycles. The second-order valence-corrected chi connectivity index (χ2v) is 2.73. The van der Waals surface area contributed by atoms with Crippen LogP contribution >= 0.6 is 0 Å². The third-order valence-corrected chi connectivity index (χ3v) is 1.49. The van der Waals surface area contributed by atoms with Gasteiger partial charge in [0.15, 0.2) is 0 Å². The van der Waals surface area contributed by atoms with E-state index in [4.69, 9.17) is 15.3 Å². The summed E-state index contributed by atoms with van der Waals surface area (Å²) in [4.78, 5) is 9.06. The molecule has 1 aromatic carbocycles. The molecule has 0 heterocycles. The minimum atomic E-state index is 0.590. The summed E-state index contributed by atoms with van der Waals surface area (Å²) in [6.07, 6.45) is 0.625. The molecule has 0 aromatic heterocycles. The molecule has 0 aliphatic rings. The molecule has 1 rings (SSSR count). The van der Waals surface area contributed by atoms with Crippen LogP contribution in [0.3, 0.4) is 0 Å². The minimum Gasteiger partial charge on any atom is -0.375 e. The average molecular weight is 210 g/mol. The molecule has 1 aromatic rings. The molecule has 0 spiro atoms. The number of carbonyl (C=O) groups is 1. The zero-order valence-corrected chi connectivity index (χ0v) is 8.98. The lowest BCUT2D eigenvalue weighted by atomic mass is 10.2. The van der Waals surface area contributed by atoms with E-state index in [9.17, 15) is 0 Å². The molecule has 0 aliphatic carbocycles. The number of benzene rings is 1. The van der Waals surface area contributed by atoms with Gasteiger partial charge in [-0.25, -0.2) is 0 Å². The highest BCUT2D eigenvalue weighted by Gasteiger charge is 1.88. The van der Waals surface area contributed by atoms with Gasteiger partial charge in [0.25, 0.3) is 0 Å². The number of nitrogens with two attached hydrogens (primary N) is 1. The van der Waals surface area contributed by atoms with E-state index in [1.807, 2.05) is 30.3 Å². The molecule has 84 valence electrons. The number of ether oxygens (including phenoxy) is 1. The number of carbonyl (C=O) groups excluding carboxylic acids is 1. The van der Waals surface area contributed by atoms with Crippen molar-refractivity contribution in [1.82, 2.24) is 5.32 Å².